The van der Waals surface area contributed by atoms with Crippen LogP contribution in [0.2, 0.25) is 5.02 Å². The molecule has 1 saturated heterocycles. The van der Waals surface area contributed by atoms with Crippen LogP contribution in [0.25, 0.3) is 6.08 Å². The number of halogens is 1. The van der Waals surface area contributed by atoms with E-state index in [1.165, 1.54) is 17.3 Å². The second-order valence-electron chi connectivity index (χ2n) is 7.44. The molecule has 33 heavy (non-hydrogen) atoms. The Hall–Kier alpha value is -2.22. The number of rotatable bonds is 10. The van der Waals surface area contributed by atoms with Gasteiger partial charge in [-0.2, -0.15) is 0 Å². The highest BCUT2D eigenvalue weighted by atomic mass is 35.5. The number of hydrogen-bond acceptors (Lipinski definition) is 6. The molecule has 1 heterocycles. The lowest BCUT2D eigenvalue weighted by Gasteiger charge is -2.15. The van der Waals surface area contributed by atoms with Gasteiger partial charge in [-0.25, -0.2) is 0 Å². The van der Waals surface area contributed by atoms with E-state index in [-0.39, 0.29) is 5.91 Å². The highest BCUT2D eigenvalue weighted by molar-refractivity contribution is 8.26. The molecule has 1 fully saturated rings. The van der Waals surface area contributed by atoms with Crippen molar-refractivity contribution in [3.05, 3.63) is 56.9 Å². The molecule has 8 heteroatoms. The lowest BCUT2D eigenvalue weighted by atomic mass is 10.1. The molecule has 0 aliphatic carbocycles. The largest absolute Gasteiger partial charge is 0.493 e. The van der Waals surface area contributed by atoms with Crippen molar-refractivity contribution in [3.63, 3.8) is 0 Å². The van der Waals surface area contributed by atoms with Crippen molar-refractivity contribution in [2.45, 2.75) is 34.1 Å². The first kappa shape index (κ1) is 25.4. The molecule has 2 aromatic rings. The Morgan fingerprint density at radius 3 is 2.55 bits per heavy atom. The Bertz CT molecular complexity index is 1070. The Morgan fingerprint density at radius 2 is 1.85 bits per heavy atom. The van der Waals surface area contributed by atoms with Crippen LogP contribution in [0.4, 0.5) is 0 Å². The molecule has 0 N–H and O–H groups in total. The third-order valence-electron chi connectivity index (χ3n) is 5.17. The third-order valence-corrected chi connectivity index (χ3v) is 6.83. The first-order valence-electron chi connectivity index (χ1n) is 10.9. The number of ether oxygens (including phenoxy) is 3. The summed E-state index contributed by atoms with van der Waals surface area (Å²) in [5, 5.41) is 0.425. The zero-order chi connectivity index (χ0) is 24.0. The topological polar surface area (TPSA) is 48.0 Å². The lowest BCUT2D eigenvalue weighted by molar-refractivity contribution is -0.121. The van der Waals surface area contributed by atoms with Crippen molar-refractivity contribution in [2.24, 2.45) is 0 Å². The minimum Gasteiger partial charge on any atom is -0.493 e. The molecule has 0 spiro atoms. The van der Waals surface area contributed by atoms with Gasteiger partial charge in [-0.15, -0.1) is 0 Å². The van der Waals surface area contributed by atoms with Gasteiger partial charge in [0.05, 0.1) is 29.7 Å². The van der Waals surface area contributed by atoms with Crippen molar-refractivity contribution in [1.82, 2.24) is 4.90 Å². The van der Waals surface area contributed by atoms with Gasteiger partial charge in [0.25, 0.3) is 5.91 Å². The average Bonchev–Trinajstić information content (AvgIpc) is 3.04. The number of aryl methyl sites for hydroxylation is 1. The van der Waals surface area contributed by atoms with Crippen LogP contribution < -0.4 is 14.2 Å². The quantitative estimate of drug-likeness (QED) is 0.211. The number of likely N-dealkylation sites (N-methyl/N-ethyl adjacent to an activating group) is 1. The first-order chi connectivity index (χ1) is 15.8. The minimum absolute atomic E-state index is 0.0919. The van der Waals surface area contributed by atoms with E-state index in [1.54, 1.807) is 17.0 Å². The predicted octanol–water partition coefficient (Wildman–Crippen LogP) is 6.42. The number of amides is 1. The monoisotopic (exact) mass is 505 g/mol. The molecule has 5 nitrogen and oxygen atoms in total. The van der Waals surface area contributed by atoms with Crippen LogP contribution in [0.15, 0.2) is 35.2 Å². The minimum atomic E-state index is -0.0919. The maximum absolute atomic E-state index is 12.5. The molecule has 0 aromatic heterocycles. The van der Waals surface area contributed by atoms with Crippen LogP contribution >= 0.6 is 35.6 Å². The standard InChI is InChI=1S/C25H28ClNO4S2/c1-5-27-24(28)22(33-25(27)32)15-18-13-19(26)23(21(14-18)29-6-2)31-12-8-11-30-20-10-7-9-16(3)17(20)4/h7,9-10,13-15H,5-6,8,11-12H2,1-4H3. The van der Waals surface area contributed by atoms with Crippen molar-refractivity contribution < 1.29 is 19.0 Å². The second-order valence-corrected chi connectivity index (χ2v) is 9.52. The van der Waals surface area contributed by atoms with Crippen LogP contribution in [0, 0.1) is 13.8 Å². The van der Waals surface area contributed by atoms with Gasteiger partial charge in [0, 0.05) is 13.0 Å². The summed E-state index contributed by atoms with van der Waals surface area (Å²) in [5.41, 5.74) is 3.10. The molecular formula is C25H28ClNO4S2. The van der Waals surface area contributed by atoms with Gasteiger partial charge in [0.2, 0.25) is 0 Å². The fourth-order valence-corrected chi connectivity index (χ4v) is 4.95. The van der Waals surface area contributed by atoms with E-state index in [0.717, 1.165) is 16.9 Å². The molecule has 0 bridgehead atoms. The normalized spacial score (nSPS) is 14.8. The number of carbonyl (C=O) groups is 1. The zero-order valence-electron chi connectivity index (χ0n) is 19.3. The van der Waals surface area contributed by atoms with E-state index in [4.69, 9.17) is 38.0 Å². The van der Waals surface area contributed by atoms with Crippen molar-refractivity contribution in [3.8, 4) is 17.2 Å². The van der Waals surface area contributed by atoms with Gasteiger partial charge in [-0.3, -0.25) is 9.69 Å². The van der Waals surface area contributed by atoms with Crippen molar-refractivity contribution >= 4 is 51.9 Å². The summed E-state index contributed by atoms with van der Waals surface area (Å²) in [4.78, 5) is 14.7. The summed E-state index contributed by atoms with van der Waals surface area (Å²) < 4.78 is 18.2. The van der Waals surface area contributed by atoms with Crippen LogP contribution in [0.1, 0.15) is 37.0 Å². The van der Waals surface area contributed by atoms with Crippen LogP contribution in [0.5, 0.6) is 17.2 Å². The van der Waals surface area contributed by atoms with Crippen LogP contribution in [-0.2, 0) is 4.79 Å². The number of thiocarbonyl (C=S) groups is 1. The Morgan fingerprint density at radius 1 is 1.09 bits per heavy atom. The molecule has 1 aliphatic rings. The molecule has 1 aliphatic heterocycles. The number of thioether (sulfide) groups is 1. The molecule has 3 rings (SSSR count). The molecule has 0 radical (unpaired) electrons. The third kappa shape index (κ3) is 6.22. The first-order valence-corrected chi connectivity index (χ1v) is 12.5. The Balaban J connectivity index is 1.66. The molecule has 2 aromatic carbocycles. The summed E-state index contributed by atoms with van der Waals surface area (Å²) in [6.07, 6.45) is 2.47. The van der Waals surface area contributed by atoms with E-state index in [1.807, 2.05) is 32.0 Å². The summed E-state index contributed by atoms with van der Waals surface area (Å²) in [6, 6.07) is 9.63. The maximum atomic E-state index is 12.5. The summed E-state index contributed by atoms with van der Waals surface area (Å²) in [6.45, 7) is 9.89. The van der Waals surface area contributed by atoms with E-state index >= 15 is 0 Å². The number of benzene rings is 2. The van der Waals surface area contributed by atoms with Gasteiger partial charge < -0.3 is 14.2 Å². The molecular weight excluding hydrogens is 478 g/mol. The second kappa shape index (κ2) is 11.8. The maximum Gasteiger partial charge on any atom is 0.266 e. The van der Waals surface area contributed by atoms with E-state index in [0.29, 0.717) is 58.5 Å². The van der Waals surface area contributed by atoms with Crippen molar-refractivity contribution in [2.75, 3.05) is 26.4 Å². The van der Waals surface area contributed by atoms with E-state index in [2.05, 4.69) is 19.9 Å². The van der Waals surface area contributed by atoms with E-state index in [9.17, 15) is 4.79 Å². The van der Waals surface area contributed by atoms with Crippen LogP contribution in [-0.4, -0.2) is 41.5 Å². The molecule has 0 unspecified atom stereocenters. The SMILES string of the molecule is CCOc1cc(C=C2SC(=S)N(CC)C2=O)cc(Cl)c1OCCCOc1cccc(C)c1C. The van der Waals surface area contributed by atoms with E-state index < -0.39 is 0 Å². The highest BCUT2D eigenvalue weighted by Crippen LogP contribution is 2.39. The van der Waals surface area contributed by atoms with Crippen LogP contribution in [0.3, 0.4) is 0 Å². The molecule has 176 valence electrons. The summed E-state index contributed by atoms with van der Waals surface area (Å²) >= 11 is 13.1. The fraction of sp³-hybridized carbons (Fsp3) is 0.360. The molecule has 0 saturated carbocycles. The average molecular weight is 506 g/mol. The van der Waals surface area contributed by atoms with Gasteiger partial charge >= 0.3 is 0 Å². The smallest absolute Gasteiger partial charge is 0.266 e. The predicted molar refractivity (Wildman–Crippen MR) is 140 cm³/mol. The lowest BCUT2D eigenvalue weighted by Crippen LogP contribution is -2.27. The Kier molecular flexibility index (Phi) is 9.06. The highest BCUT2D eigenvalue weighted by Gasteiger charge is 2.30. The summed E-state index contributed by atoms with van der Waals surface area (Å²) in [7, 11) is 0. The molecule has 0 atom stereocenters. The van der Waals surface area contributed by atoms with Gasteiger partial charge in [0.1, 0.15) is 10.1 Å². The molecule has 1 amide bonds. The Labute approximate surface area is 210 Å². The van der Waals surface area contributed by atoms with Gasteiger partial charge in [-0.05, 0) is 68.7 Å². The summed E-state index contributed by atoms with van der Waals surface area (Å²) in [5.74, 6) is 1.83. The number of carbonyl (C=O) groups excluding carboxylic acids is 1. The van der Waals surface area contributed by atoms with Crippen molar-refractivity contribution in [1.29, 1.82) is 0 Å². The zero-order valence-corrected chi connectivity index (χ0v) is 21.7. The van der Waals surface area contributed by atoms with Gasteiger partial charge in [0.15, 0.2) is 11.5 Å². The fourth-order valence-electron chi connectivity index (χ4n) is 3.29. The number of hydrogen-bond donors (Lipinski definition) is 0. The number of nitrogens with zero attached hydrogens (tertiary/aromatic N) is 1. The van der Waals surface area contributed by atoms with Gasteiger partial charge in [-0.1, -0.05) is 47.7 Å².